The highest BCUT2D eigenvalue weighted by molar-refractivity contribution is 6.30. The van der Waals surface area contributed by atoms with Crippen LogP contribution in [0.4, 0.5) is 0 Å². The van der Waals surface area contributed by atoms with Crippen LogP contribution >= 0.6 is 11.6 Å². The lowest BCUT2D eigenvalue weighted by molar-refractivity contribution is -0.145. The summed E-state index contributed by atoms with van der Waals surface area (Å²) in [6, 6.07) is 6.53. The van der Waals surface area contributed by atoms with Gasteiger partial charge in [0.25, 0.3) is 5.91 Å². The lowest BCUT2D eigenvalue weighted by atomic mass is 9.98. The quantitative estimate of drug-likeness (QED) is 0.907. The topological polar surface area (TPSA) is 77.9 Å². The van der Waals surface area contributed by atoms with Crippen LogP contribution in [0.25, 0.3) is 0 Å². The molecule has 2 rings (SSSR count). The largest absolute Gasteiger partial charge is 0.481 e. The maximum Gasteiger partial charge on any atom is 0.308 e. The van der Waals surface area contributed by atoms with Crippen LogP contribution < -0.4 is 0 Å². The lowest BCUT2D eigenvalue weighted by Crippen LogP contribution is -2.46. The number of hydrogen-bond donors (Lipinski definition) is 1. The fraction of sp³-hybridized carbons (Fsp3) is 0.438. The summed E-state index contributed by atoms with van der Waals surface area (Å²) in [4.78, 5) is 38.5. The Labute approximate surface area is 139 Å². The molecule has 1 aliphatic rings. The Bertz CT molecular complexity index is 620. The number of carbonyl (C=O) groups is 3. The Morgan fingerprint density at radius 2 is 2.13 bits per heavy atom. The summed E-state index contributed by atoms with van der Waals surface area (Å²) in [5.74, 6) is -1.95. The first-order valence-corrected chi connectivity index (χ1v) is 7.78. The molecule has 0 saturated carbocycles. The third kappa shape index (κ3) is 4.45. The van der Waals surface area contributed by atoms with Crippen molar-refractivity contribution in [1.82, 2.24) is 9.80 Å². The van der Waals surface area contributed by atoms with E-state index in [0.29, 0.717) is 30.0 Å². The molecule has 0 aliphatic carbocycles. The summed E-state index contributed by atoms with van der Waals surface area (Å²) in [5, 5.41) is 9.52. The van der Waals surface area contributed by atoms with E-state index in [1.54, 1.807) is 31.3 Å². The molecule has 0 spiro atoms. The van der Waals surface area contributed by atoms with Gasteiger partial charge in [0, 0.05) is 30.7 Å². The molecule has 1 unspecified atom stereocenters. The van der Waals surface area contributed by atoms with E-state index in [1.165, 1.54) is 9.80 Å². The monoisotopic (exact) mass is 338 g/mol. The van der Waals surface area contributed by atoms with Crippen molar-refractivity contribution < 1.29 is 19.5 Å². The van der Waals surface area contributed by atoms with Crippen molar-refractivity contribution in [2.24, 2.45) is 5.92 Å². The van der Waals surface area contributed by atoms with Gasteiger partial charge < -0.3 is 14.9 Å². The van der Waals surface area contributed by atoms with Gasteiger partial charge >= 0.3 is 5.97 Å². The second kappa shape index (κ2) is 7.46. The van der Waals surface area contributed by atoms with E-state index in [9.17, 15) is 14.4 Å². The molecule has 23 heavy (non-hydrogen) atoms. The third-order valence-electron chi connectivity index (χ3n) is 3.91. The number of carboxylic acids is 1. The van der Waals surface area contributed by atoms with Crippen molar-refractivity contribution in [2.45, 2.75) is 12.8 Å². The van der Waals surface area contributed by atoms with Crippen molar-refractivity contribution in [1.29, 1.82) is 0 Å². The van der Waals surface area contributed by atoms with E-state index < -0.39 is 11.9 Å². The number of amides is 2. The summed E-state index contributed by atoms with van der Waals surface area (Å²) in [6.45, 7) is 0.646. The Morgan fingerprint density at radius 1 is 1.39 bits per heavy atom. The number of rotatable bonds is 4. The van der Waals surface area contributed by atoms with Crippen LogP contribution in [0.1, 0.15) is 23.2 Å². The minimum absolute atomic E-state index is 0.0856. The Hall–Kier alpha value is -2.08. The van der Waals surface area contributed by atoms with Gasteiger partial charge in [-0.05, 0) is 31.0 Å². The van der Waals surface area contributed by atoms with Gasteiger partial charge in [0.05, 0.1) is 12.5 Å². The van der Waals surface area contributed by atoms with Crippen LogP contribution in [0, 0.1) is 5.92 Å². The Morgan fingerprint density at radius 3 is 2.78 bits per heavy atom. The fourth-order valence-electron chi connectivity index (χ4n) is 2.62. The number of carbonyl (C=O) groups excluding carboxylic acids is 2. The van der Waals surface area contributed by atoms with Gasteiger partial charge in [-0.1, -0.05) is 17.7 Å². The zero-order chi connectivity index (χ0) is 17.0. The van der Waals surface area contributed by atoms with Gasteiger partial charge in [-0.25, -0.2) is 0 Å². The number of hydrogen-bond acceptors (Lipinski definition) is 3. The zero-order valence-corrected chi connectivity index (χ0v) is 13.6. The van der Waals surface area contributed by atoms with Crippen LogP contribution in [0.15, 0.2) is 24.3 Å². The number of carboxylic acid groups (broad SMARTS) is 1. The molecule has 0 radical (unpaired) electrons. The standard InChI is InChI=1S/C16H19ClN2O4/c1-18(15(21)11-4-2-6-13(17)8-11)10-14(20)19-7-3-5-12(9-19)16(22)23/h2,4,6,8,12H,3,5,7,9-10H2,1H3,(H,22,23). The highest BCUT2D eigenvalue weighted by Gasteiger charge is 2.29. The maximum atomic E-state index is 12.3. The number of halogens is 1. The van der Waals surface area contributed by atoms with Gasteiger partial charge in [0.2, 0.25) is 5.91 Å². The highest BCUT2D eigenvalue weighted by atomic mass is 35.5. The average molecular weight is 339 g/mol. The molecule has 124 valence electrons. The number of likely N-dealkylation sites (N-methyl/N-ethyl adjacent to an activating group) is 1. The predicted octanol–water partition coefficient (Wildman–Crippen LogP) is 1.74. The van der Waals surface area contributed by atoms with Gasteiger partial charge in [0.15, 0.2) is 0 Å². The van der Waals surface area contributed by atoms with Crippen LogP contribution in [-0.4, -0.2) is 59.4 Å². The molecule has 0 bridgehead atoms. The summed E-state index contributed by atoms with van der Waals surface area (Å²) < 4.78 is 0. The van der Waals surface area contributed by atoms with Crippen LogP contribution in [-0.2, 0) is 9.59 Å². The summed E-state index contributed by atoms with van der Waals surface area (Å²) >= 11 is 5.87. The first kappa shape index (κ1) is 17.3. The molecule has 1 aliphatic heterocycles. The Balaban J connectivity index is 1.96. The van der Waals surface area contributed by atoms with Crippen LogP contribution in [0.5, 0.6) is 0 Å². The Kier molecular flexibility index (Phi) is 5.60. The smallest absolute Gasteiger partial charge is 0.308 e. The van der Waals surface area contributed by atoms with E-state index in [2.05, 4.69) is 0 Å². The molecule has 1 fully saturated rings. The number of benzene rings is 1. The lowest BCUT2D eigenvalue weighted by Gasteiger charge is -2.32. The fourth-order valence-corrected chi connectivity index (χ4v) is 2.81. The molecule has 1 heterocycles. The molecule has 7 heteroatoms. The van der Waals surface area contributed by atoms with E-state index in [1.807, 2.05) is 0 Å². The van der Waals surface area contributed by atoms with Gasteiger partial charge in [-0.15, -0.1) is 0 Å². The molecular formula is C16H19ClN2O4. The van der Waals surface area contributed by atoms with Crippen LogP contribution in [0.2, 0.25) is 5.02 Å². The zero-order valence-electron chi connectivity index (χ0n) is 12.9. The van der Waals surface area contributed by atoms with Gasteiger partial charge in [-0.3, -0.25) is 14.4 Å². The molecule has 0 aromatic heterocycles. The summed E-state index contributed by atoms with van der Waals surface area (Å²) in [7, 11) is 1.54. The average Bonchev–Trinajstić information content (AvgIpc) is 2.54. The normalized spacial score (nSPS) is 17.7. The van der Waals surface area contributed by atoms with Crippen LogP contribution in [0.3, 0.4) is 0 Å². The molecule has 6 nitrogen and oxygen atoms in total. The number of likely N-dealkylation sites (tertiary alicyclic amines) is 1. The van der Waals surface area contributed by atoms with E-state index in [4.69, 9.17) is 16.7 Å². The minimum atomic E-state index is -0.883. The first-order chi connectivity index (χ1) is 10.9. The van der Waals surface area contributed by atoms with E-state index >= 15 is 0 Å². The molecule has 1 saturated heterocycles. The minimum Gasteiger partial charge on any atom is -0.481 e. The van der Waals surface area contributed by atoms with Crippen molar-refractivity contribution in [3.05, 3.63) is 34.9 Å². The van der Waals surface area contributed by atoms with E-state index in [0.717, 1.165) is 0 Å². The second-order valence-electron chi connectivity index (χ2n) is 5.69. The maximum absolute atomic E-state index is 12.3. The van der Waals surface area contributed by atoms with Crippen molar-refractivity contribution in [2.75, 3.05) is 26.7 Å². The molecule has 1 N–H and O–H groups in total. The number of piperidine rings is 1. The van der Waals surface area contributed by atoms with Crippen molar-refractivity contribution in [3.8, 4) is 0 Å². The van der Waals surface area contributed by atoms with E-state index in [-0.39, 0.29) is 24.9 Å². The van der Waals surface area contributed by atoms with Crippen molar-refractivity contribution in [3.63, 3.8) is 0 Å². The molecular weight excluding hydrogens is 320 g/mol. The van der Waals surface area contributed by atoms with Gasteiger partial charge in [0.1, 0.15) is 0 Å². The molecule has 1 atom stereocenters. The third-order valence-corrected chi connectivity index (χ3v) is 4.15. The molecule has 1 aromatic rings. The summed E-state index contributed by atoms with van der Waals surface area (Å²) in [5.41, 5.74) is 0.412. The molecule has 1 aromatic carbocycles. The SMILES string of the molecule is CN(CC(=O)N1CCCC(C(=O)O)C1)C(=O)c1cccc(Cl)c1. The number of aliphatic carboxylic acids is 1. The first-order valence-electron chi connectivity index (χ1n) is 7.40. The number of nitrogens with zero attached hydrogens (tertiary/aromatic N) is 2. The van der Waals surface area contributed by atoms with Gasteiger partial charge in [-0.2, -0.15) is 0 Å². The molecule has 2 amide bonds. The second-order valence-corrected chi connectivity index (χ2v) is 6.13. The predicted molar refractivity (Wildman–Crippen MR) is 85.4 cm³/mol. The highest BCUT2D eigenvalue weighted by Crippen LogP contribution is 2.17. The summed E-state index contributed by atoms with van der Waals surface area (Å²) in [6.07, 6.45) is 1.24. The van der Waals surface area contributed by atoms with Crippen molar-refractivity contribution >= 4 is 29.4 Å².